The molecule has 0 aliphatic carbocycles. The molecule has 15 heteroatoms. The number of aliphatic imine (C=N–C) groups is 1. The van der Waals surface area contributed by atoms with E-state index in [-0.39, 0.29) is 32.0 Å². The Morgan fingerprint density at radius 1 is 0.864 bits per heavy atom. The van der Waals surface area contributed by atoms with E-state index in [0.717, 1.165) is 5.56 Å². The van der Waals surface area contributed by atoms with Crippen molar-refractivity contribution in [1.29, 1.82) is 0 Å². The van der Waals surface area contributed by atoms with E-state index >= 15 is 0 Å². The van der Waals surface area contributed by atoms with Crippen LogP contribution in [0.3, 0.4) is 0 Å². The molecule has 0 unspecified atom stereocenters. The van der Waals surface area contributed by atoms with Gasteiger partial charge < -0.3 is 37.9 Å². The Kier molecular flexibility index (Phi) is 16.0. The van der Waals surface area contributed by atoms with Gasteiger partial charge in [0.15, 0.2) is 0 Å². The van der Waals surface area contributed by atoms with Gasteiger partial charge in [-0.1, -0.05) is 60.1 Å². The highest BCUT2D eigenvalue weighted by molar-refractivity contribution is 6.31. The lowest BCUT2D eigenvalue weighted by Gasteiger charge is -2.23. The number of primary amides is 1. The number of nitrogens with zero attached hydrogens (tertiary/aromatic N) is 1. The lowest BCUT2D eigenvalue weighted by Crippen LogP contribution is -2.56. The monoisotopic (exact) mass is 631 g/mol. The van der Waals surface area contributed by atoms with Gasteiger partial charge in [0.1, 0.15) is 18.7 Å². The number of benzene rings is 2. The summed E-state index contributed by atoms with van der Waals surface area (Å²) in [6.45, 7) is 0.625. The number of ether oxygens (including phenoxy) is 1. The van der Waals surface area contributed by atoms with Crippen molar-refractivity contribution in [2.45, 2.75) is 63.3 Å². The second-order valence-electron chi connectivity index (χ2n) is 9.96. The van der Waals surface area contributed by atoms with Gasteiger partial charge in [-0.25, -0.2) is 10.6 Å². The van der Waals surface area contributed by atoms with E-state index < -0.39 is 41.9 Å². The van der Waals surface area contributed by atoms with E-state index in [1.807, 2.05) is 30.3 Å². The highest BCUT2D eigenvalue weighted by Gasteiger charge is 2.27. The number of nitrogens with two attached hydrogens (primary N) is 4. The lowest BCUT2D eigenvalue weighted by molar-refractivity contribution is -0.131. The average Bonchev–Trinajstić information content (AvgIpc) is 3.01. The van der Waals surface area contributed by atoms with Crippen LogP contribution in [0.15, 0.2) is 59.6 Å². The third kappa shape index (κ3) is 13.7. The van der Waals surface area contributed by atoms with Crippen molar-refractivity contribution >= 4 is 41.4 Å². The Bertz CT molecular complexity index is 1250. The zero-order chi connectivity index (χ0) is 32.3. The van der Waals surface area contributed by atoms with Gasteiger partial charge in [-0.15, -0.1) is 0 Å². The predicted molar refractivity (Wildman–Crippen MR) is 168 cm³/mol. The lowest BCUT2D eigenvalue weighted by atomic mass is 10.0. The number of halogens is 1. The maximum Gasteiger partial charge on any atom is 0.407 e. The molecule has 2 rings (SSSR count). The topological polar surface area (TPSA) is 242 Å². The van der Waals surface area contributed by atoms with Crippen LogP contribution in [0, 0.1) is 0 Å². The molecular formula is C29H42ClN9O5. The largest absolute Gasteiger partial charge is 0.445 e. The smallest absolute Gasteiger partial charge is 0.407 e. The minimum atomic E-state index is -1.01. The normalized spacial score (nSPS) is 13.2. The Morgan fingerprint density at radius 2 is 1.55 bits per heavy atom. The first-order valence-electron chi connectivity index (χ1n) is 14.2. The van der Waals surface area contributed by atoms with E-state index in [0.29, 0.717) is 42.8 Å². The van der Waals surface area contributed by atoms with E-state index in [1.54, 1.807) is 24.3 Å². The number of unbranched alkanes of at least 4 members (excludes halogenated alkanes) is 1. The molecule has 0 fully saturated rings. The van der Waals surface area contributed by atoms with Gasteiger partial charge in [-0.2, -0.15) is 0 Å². The van der Waals surface area contributed by atoms with Crippen LogP contribution in [0.5, 0.6) is 0 Å². The van der Waals surface area contributed by atoms with Crippen molar-refractivity contribution in [2.24, 2.45) is 28.0 Å². The molecule has 0 aliphatic rings. The maximum absolute atomic E-state index is 13.3. The molecule has 0 saturated heterocycles. The van der Waals surface area contributed by atoms with Crippen molar-refractivity contribution in [3.8, 4) is 0 Å². The van der Waals surface area contributed by atoms with Crippen molar-refractivity contribution in [2.75, 3.05) is 13.1 Å². The average molecular weight is 632 g/mol. The third-order valence-corrected chi connectivity index (χ3v) is 6.89. The van der Waals surface area contributed by atoms with Crippen LogP contribution in [-0.4, -0.2) is 61.0 Å². The molecule has 0 radical (unpaired) electrons. The number of alkyl carbamates (subject to hydrolysis) is 1. The van der Waals surface area contributed by atoms with Crippen LogP contribution < -0.4 is 44.4 Å². The number of hydrogen-bond donors (Lipinski definition) is 8. The van der Waals surface area contributed by atoms with Crippen LogP contribution in [0.1, 0.15) is 43.2 Å². The highest BCUT2D eigenvalue weighted by atomic mass is 35.5. The van der Waals surface area contributed by atoms with Crippen LogP contribution in [0.25, 0.3) is 0 Å². The summed E-state index contributed by atoms with van der Waals surface area (Å²) in [7, 11) is 0. The second kappa shape index (κ2) is 19.7. The number of nitrogens with one attached hydrogen (secondary N) is 4. The number of amides is 4. The van der Waals surface area contributed by atoms with Crippen molar-refractivity contribution < 1.29 is 23.9 Å². The van der Waals surface area contributed by atoms with Crippen LogP contribution in [-0.2, 0) is 32.1 Å². The standard InChI is InChI=1S/C29H42ClN9O5/c30-21-12-5-4-11-20(21)18-44-29(43)36-15-7-6-14-23(25(32)40)37-27(42)24(17-19-9-2-1-3-10-19)38-26(41)22(31)13-8-16-35-28(33)39-34/h1-5,9-12,22-24H,6-8,13-18,31,34H2,(H2,32,40)(H,36,43)(H,37,42)(H,38,41)(H3,33,35,39)/t22-,23+,24+/m1/s1. The summed E-state index contributed by atoms with van der Waals surface area (Å²) in [5, 5.41) is 8.48. The number of rotatable bonds is 18. The maximum atomic E-state index is 13.3. The first kappa shape index (κ1) is 35.8. The number of carbonyl (C=O) groups excluding carboxylic acids is 4. The van der Waals surface area contributed by atoms with Gasteiger partial charge >= 0.3 is 6.09 Å². The fraction of sp³-hybridized carbons (Fsp3) is 0.414. The third-order valence-electron chi connectivity index (χ3n) is 6.52. The molecule has 0 spiro atoms. The van der Waals surface area contributed by atoms with E-state index in [9.17, 15) is 19.2 Å². The molecular weight excluding hydrogens is 590 g/mol. The fourth-order valence-corrected chi connectivity index (χ4v) is 4.25. The predicted octanol–water partition coefficient (Wildman–Crippen LogP) is 0.320. The van der Waals surface area contributed by atoms with E-state index in [4.69, 9.17) is 39.4 Å². The van der Waals surface area contributed by atoms with Crippen molar-refractivity contribution in [3.63, 3.8) is 0 Å². The molecule has 0 aliphatic heterocycles. The zero-order valence-electron chi connectivity index (χ0n) is 24.5. The Morgan fingerprint density at radius 3 is 2.23 bits per heavy atom. The quantitative estimate of drug-likeness (QED) is 0.0371. The van der Waals surface area contributed by atoms with Crippen molar-refractivity contribution in [3.05, 3.63) is 70.7 Å². The molecule has 0 aromatic heterocycles. The van der Waals surface area contributed by atoms with Gasteiger partial charge in [0.2, 0.25) is 23.7 Å². The van der Waals surface area contributed by atoms with E-state index in [2.05, 4.69) is 26.4 Å². The fourth-order valence-electron chi connectivity index (χ4n) is 4.06. The van der Waals surface area contributed by atoms with Gasteiger partial charge in [-0.05, 0) is 43.7 Å². The summed E-state index contributed by atoms with van der Waals surface area (Å²) >= 11 is 6.06. The molecule has 0 heterocycles. The van der Waals surface area contributed by atoms with Crippen molar-refractivity contribution in [1.82, 2.24) is 21.4 Å². The summed E-state index contributed by atoms with van der Waals surface area (Å²) in [5.74, 6) is 3.39. The molecule has 2 aromatic rings. The van der Waals surface area contributed by atoms with Gasteiger partial charge in [-0.3, -0.25) is 24.8 Å². The number of hydrogen-bond acceptors (Lipinski definition) is 8. The molecule has 3 atom stereocenters. The van der Waals surface area contributed by atoms with Gasteiger partial charge in [0, 0.05) is 30.1 Å². The SMILES string of the molecule is NNC(N)=NCCC[C@@H](N)C(=O)N[C@@H](Cc1ccccc1)C(=O)N[C@@H](CCCCNC(=O)OCc1ccccc1Cl)C(N)=O. The summed E-state index contributed by atoms with van der Waals surface area (Å²) < 4.78 is 5.17. The van der Waals surface area contributed by atoms with Crippen LogP contribution >= 0.6 is 11.6 Å². The molecule has 0 saturated carbocycles. The number of guanidine groups is 1. The molecule has 44 heavy (non-hydrogen) atoms. The summed E-state index contributed by atoms with van der Waals surface area (Å²) in [6, 6.07) is 13.2. The number of hydrazine groups is 1. The summed E-state index contributed by atoms with van der Waals surface area (Å²) in [4.78, 5) is 54.2. The molecule has 12 N–H and O–H groups in total. The second-order valence-corrected chi connectivity index (χ2v) is 10.4. The summed E-state index contributed by atoms with van der Waals surface area (Å²) in [6.07, 6.45) is 1.50. The van der Waals surface area contributed by atoms with Crippen LogP contribution in [0.2, 0.25) is 5.02 Å². The zero-order valence-corrected chi connectivity index (χ0v) is 25.2. The van der Waals surface area contributed by atoms with Crippen LogP contribution in [0.4, 0.5) is 4.79 Å². The number of carbonyl (C=O) groups is 4. The first-order chi connectivity index (χ1) is 21.1. The molecule has 14 nitrogen and oxygen atoms in total. The molecule has 0 bridgehead atoms. The Balaban J connectivity index is 1.87. The Hall–Kier alpha value is -4.40. The van der Waals surface area contributed by atoms with Gasteiger partial charge in [0.25, 0.3) is 0 Å². The first-order valence-corrected chi connectivity index (χ1v) is 14.6. The minimum absolute atomic E-state index is 0.0308. The minimum Gasteiger partial charge on any atom is -0.445 e. The molecule has 4 amide bonds. The highest BCUT2D eigenvalue weighted by Crippen LogP contribution is 2.15. The van der Waals surface area contributed by atoms with E-state index in [1.165, 1.54) is 0 Å². The summed E-state index contributed by atoms with van der Waals surface area (Å²) in [5.41, 5.74) is 20.8. The molecule has 240 valence electrons. The molecule has 2 aromatic carbocycles. The Labute approximate surface area is 261 Å². The van der Waals surface area contributed by atoms with Gasteiger partial charge in [0.05, 0.1) is 6.04 Å².